The second-order valence-electron chi connectivity index (χ2n) is 3.51. The van der Waals surface area contributed by atoms with Gasteiger partial charge in [0.15, 0.2) is 5.82 Å². The van der Waals surface area contributed by atoms with Gasteiger partial charge in [-0.2, -0.15) is 11.3 Å². The molecule has 0 atom stereocenters. The molecular weight excluding hydrogens is 260 g/mol. The third-order valence-electron chi connectivity index (χ3n) is 2.20. The quantitative estimate of drug-likeness (QED) is 0.901. The van der Waals surface area contributed by atoms with Crippen molar-refractivity contribution in [3.05, 3.63) is 16.8 Å². The zero-order chi connectivity index (χ0) is 12.5. The summed E-state index contributed by atoms with van der Waals surface area (Å²) in [6.45, 7) is 2.47. The standard InChI is InChI=1S/C9H12N4O2S2/c1-2-4-13-8(7-3-5-16-6-7)11-12-9(13)17(10,14)15/h3,5-6H,2,4H2,1H3,(H2,10,14,15). The topological polar surface area (TPSA) is 90.9 Å². The van der Waals surface area contributed by atoms with Gasteiger partial charge in [0.2, 0.25) is 0 Å². The Balaban J connectivity index is 2.59. The number of aromatic nitrogens is 3. The highest BCUT2D eigenvalue weighted by atomic mass is 32.2. The zero-order valence-electron chi connectivity index (χ0n) is 9.20. The highest BCUT2D eigenvalue weighted by molar-refractivity contribution is 7.89. The molecule has 0 fully saturated rings. The molecule has 2 rings (SSSR count). The maximum absolute atomic E-state index is 11.4. The maximum atomic E-state index is 11.4. The van der Waals surface area contributed by atoms with Crippen LogP contribution in [0, 0.1) is 0 Å². The molecule has 0 aromatic carbocycles. The fraction of sp³-hybridized carbons (Fsp3) is 0.333. The Bertz CT molecular complexity index is 601. The van der Waals surface area contributed by atoms with Crippen molar-refractivity contribution in [1.82, 2.24) is 14.8 Å². The van der Waals surface area contributed by atoms with Gasteiger partial charge in [-0.3, -0.25) is 4.57 Å². The predicted octanol–water partition coefficient (Wildman–Crippen LogP) is 1.06. The highest BCUT2D eigenvalue weighted by Crippen LogP contribution is 2.22. The summed E-state index contributed by atoms with van der Waals surface area (Å²) in [5.41, 5.74) is 0.853. The minimum absolute atomic E-state index is 0.180. The summed E-state index contributed by atoms with van der Waals surface area (Å²) in [5.74, 6) is 0.539. The number of nitrogens with zero attached hydrogens (tertiary/aromatic N) is 3. The van der Waals surface area contributed by atoms with E-state index in [2.05, 4.69) is 10.2 Å². The molecule has 6 nitrogen and oxygen atoms in total. The van der Waals surface area contributed by atoms with Crippen molar-refractivity contribution < 1.29 is 8.42 Å². The van der Waals surface area contributed by atoms with Crippen LogP contribution >= 0.6 is 11.3 Å². The summed E-state index contributed by atoms with van der Waals surface area (Å²) < 4.78 is 24.3. The summed E-state index contributed by atoms with van der Waals surface area (Å²) in [6.07, 6.45) is 0.775. The molecule has 92 valence electrons. The summed E-state index contributed by atoms with van der Waals surface area (Å²) in [4.78, 5) is 0. The molecule has 0 aliphatic carbocycles. The van der Waals surface area contributed by atoms with E-state index < -0.39 is 10.0 Å². The van der Waals surface area contributed by atoms with Crippen LogP contribution in [0.4, 0.5) is 0 Å². The second kappa shape index (κ2) is 4.55. The minimum atomic E-state index is -3.83. The zero-order valence-corrected chi connectivity index (χ0v) is 10.8. The third-order valence-corrected chi connectivity index (χ3v) is 3.69. The van der Waals surface area contributed by atoms with E-state index in [1.54, 1.807) is 0 Å². The lowest BCUT2D eigenvalue weighted by Gasteiger charge is -2.06. The van der Waals surface area contributed by atoms with Gasteiger partial charge in [0.05, 0.1) is 0 Å². The van der Waals surface area contributed by atoms with Crippen LogP contribution < -0.4 is 5.14 Å². The van der Waals surface area contributed by atoms with E-state index in [9.17, 15) is 8.42 Å². The first-order chi connectivity index (χ1) is 8.04. The maximum Gasteiger partial charge on any atom is 0.273 e. The highest BCUT2D eigenvalue weighted by Gasteiger charge is 2.21. The van der Waals surface area contributed by atoms with Gasteiger partial charge >= 0.3 is 0 Å². The summed E-state index contributed by atoms with van der Waals surface area (Å²) in [5, 5.41) is 16.3. The van der Waals surface area contributed by atoms with E-state index in [0.717, 1.165) is 12.0 Å². The molecule has 0 amide bonds. The minimum Gasteiger partial charge on any atom is -0.297 e. The lowest BCUT2D eigenvalue weighted by molar-refractivity contribution is 0.559. The first-order valence-corrected chi connectivity index (χ1v) is 7.51. The molecule has 0 saturated carbocycles. The number of thiophene rings is 1. The predicted molar refractivity (Wildman–Crippen MR) is 65.0 cm³/mol. The monoisotopic (exact) mass is 272 g/mol. The van der Waals surface area contributed by atoms with Gasteiger partial charge in [-0.1, -0.05) is 6.92 Å². The van der Waals surface area contributed by atoms with Crippen molar-refractivity contribution in [3.8, 4) is 11.4 Å². The van der Waals surface area contributed by atoms with Crippen molar-refractivity contribution >= 4 is 21.4 Å². The fourth-order valence-electron chi connectivity index (χ4n) is 1.53. The first kappa shape index (κ1) is 12.2. The van der Waals surface area contributed by atoms with Gasteiger partial charge in [-0.25, -0.2) is 13.6 Å². The lowest BCUT2D eigenvalue weighted by atomic mass is 10.3. The van der Waals surface area contributed by atoms with Gasteiger partial charge < -0.3 is 0 Å². The van der Waals surface area contributed by atoms with Crippen LogP contribution in [-0.4, -0.2) is 23.2 Å². The lowest BCUT2D eigenvalue weighted by Crippen LogP contribution is -2.19. The van der Waals surface area contributed by atoms with Crippen LogP contribution in [0.5, 0.6) is 0 Å². The van der Waals surface area contributed by atoms with E-state index in [0.29, 0.717) is 12.4 Å². The second-order valence-corrected chi connectivity index (χ2v) is 5.75. The molecule has 0 radical (unpaired) electrons. The smallest absolute Gasteiger partial charge is 0.273 e. The van der Waals surface area contributed by atoms with E-state index in [-0.39, 0.29) is 5.16 Å². The molecule has 17 heavy (non-hydrogen) atoms. The average Bonchev–Trinajstić information content (AvgIpc) is 2.82. The number of hydrogen-bond acceptors (Lipinski definition) is 5. The van der Waals surface area contributed by atoms with Crippen LogP contribution in [0.2, 0.25) is 0 Å². The Morgan fingerprint density at radius 3 is 2.76 bits per heavy atom. The normalized spacial score (nSPS) is 11.9. The Morgan fingerprint density at radius 1 is 1.47 bits per heavy atom. The van der Waals surface area contributed by atoms with Crippen molar-refractivity contribution in [2.45, 2.75) is 25.0 Å². The molecule has 8 heteroatoms. The Kier molecular flexibility index (Phi) is 3.27. The van der Waals surface area contributed by atoms with Crippen molar-refractivity contribution in [3.63, 3.8) is 0 Å². The molecular formula is C9H12N4O2S2. The molecule has 2 N–H and O–H groups in total. The fourth-order valence-corrected chi connectivity index (χ4v) is 2.80. The van der Waals surface area contributed by atoms with Crippen molar-refractivity contribution in [1.29, 1.82) is 0 Å². The average molecular weight is 272 g/mol. The number of primary sulfonamides is 1. The molecule has 0 bridgehead atoms. The summed E-state index contributed by atoms with van der Waals surface area (Å²) in [6, 6.07) is 1.87. The third kappa shape index (κ3) is 2.38. The van der Waals surface area contributed by atoms with Crippen molar-refractivity contribution in [2.75, 3.05) is 0 Å². The Labute approximate surface area is 103 Å². The van der Waals surface area contributed by atoms with Crippen LogP contribution in [0.3, 0.4) is 0 Å². The number of nitrogens with two attached hydrogens (primary N) is 1. The van der Waals surface area contributed by atoms with Crippen LogP contribution in [-0.2, 0) is 16.6 Å². The Hall–Kier alpha value is -1.25. The first-order valence-electron chi connectivity index (χ1n) is 5.02. The molecule has 2 aromatic rings. The van der Waals surface area contributed by atoms with E-state index in [4.69, 9.17) is 5.14 Å². The Morgan fingerprint density at radius 2 is 2.24 bits per heavy atom. The largest absolute Gasteiger partial charge is 0.297 e. The SMILES string of the molecule is CCCn1c(-c2ccsc2)nnc1S(N)(=O)=O. The number of hydrogen-bond donors (Lipinski definition) is 1. The van der Waals surface area contributed by atoms with E-state index in [1.807, 2.05) is 23.8 Å². The molecule has 0 aliphatic heterocycles. The van der Waals surface area contributed by atoms with Gasteiger partial charge in [-0.05, 0) is 17.9 Å². The molecule has 0 spiro atoms. The molecule has 0 saturated heterocycles. The van der Waals surface area contributed by atoms with Gasteiger partial charge in [0.1, 0.15) is 0 Å². The summed E-state index contributed by atoms with van der Waals surface area (Å²) in [7, 11) is -3.83. The van der Waals surface area contributed by atoms with E-state index in [1.165, 1.54) is 15.9 Å². The van der Waals surface area contributed by atoms with Crippen LogP contribution in [0.15, 0.2) is 22.0 Å². The van der Waals surface area contributed by atoms with Gasteiger partial charge in [0.25, 0.3) is 15.2 Å². The van der Waals surface area contributed by atoms with Gasteiger partial charge in [0, 0.05) is 17.5 Å². The molecule has 0 unspecified atom stereocenters. The molecule has 0 aliphatic rings. The molecule has 2 heterocycles. The van der Waals surface area contributed by atoms with Crippen molar-refractivity contribution in [2.24, 2.45) is 5.14 Å². The van der Waals surface area contributed by atoms with E-state index >= 15 is 0 Å². The number of rotatable bonds is 4. The summed E-state index contributed by atoms with van der Waals surface area (Å²) >= 11 is 1.52. The van der Waals surface area contributed by atoms with Gasteiger partial charge in [-0.15, -0.1) is 10.2 Å². The van der Waals surface area contributed by atoms with Crippen LogP contribution in [0.1, 0.15) is 13.3 Å². The number of sulfonamides is 1. The molecule has 2 aromatic heterocycles. The van der Waals surface area contributed by atoms with Crippen LogP contribution in [0.25, 0.3) is 11.4 Å².